The smallest absolute Gasteiger partial charge is 0.338 e. The fourth-order valence-corrected chi connectivity index (χ4v) is 2.62. The van der Waals surface area contributed by atoms with E-state index in [9.17, 15) is 9.59 Å². The topological polar surface area (TPSA) is 49.9 Å². The van der Waals surface area contributed by atoms with Gasteiger partial charge in [-0.3, -0.25) is 4.79 Å². The maximum absolute atomic E-state index is 12.2. The molecule has 0 N–H and O–H groups in total. The molecule has 2 aromatic carbocycles. The number of hydrogen-bond acceptors (Lipinski definition) is 4. The van der Waals surface area contributed by atoms with E-state index in [4.69, 9.17) is 4.74 Å². The quantitative estimate of drug-likeness (QED) is 0.748. The van der Waals surface area contributed by atoms with Gasteiger partial charge in [0.1, 0.15) is 0 Å². The molecule has 0 saturated carbocycles. The standard InChI is InChI=1S/C21H26N2O3/c1-15-6-11-19(16(2)12-15)21(25)26-14-20(24)23(5)13-17-7-9-18(10-8-17)22(3)4/h6-12H,13-14H2,1-5H3. The van der Waals surface area contributed by atoms with Gasteiger partial charge in [0, 0.05) is 33.4 Å². The molecular weight excluding hydrogens is 328 g/mol. The summed E-state index contributed by atoms with van der Waals surface area (Å²) in [4.78, 5) is 28.0. The molecule has 2 aromatic rings. The molecule has 138 valence electrons. The van der Waals surface area contributed by atoms with E-state index >= 15 is 0 Å². The number of nitrogens with zero attached hydrogens (tertiary/aromatic N) is 2. The highest BCUT2D eigenvalue weighted by molar-refractivity contribution is 5.92. The van der Waals surface area contributed by atoms with Crippen molar-refractivity contribution < 1.29 is 14.3 Å². The summed E-state index contributed by atoms with van der Waals surface area (Å²) in [6.45, 7) is 4.02. The zero-order valence-electron chi connectivity index (χ0n) is 16.1. The van der Waals surface area contributed by atoms with Gasteiger partial charge in [-0.15, -0.1) is 0 Å². The van der Waals surface area contributed by atoms with E-state index < -0.39 is 5.97 Å². The van der Waals surface area contributed by atoms with Crippen LogP contribution in [0.4, 0.5) is 5.69 Å². The molecule has 5 heteroatoms. The monoisotopic (exact) mass is 354 g/mol. The van der Waals surface area contributed by atoms with E-state index in [0.29, 0.717) is 12.1 Å². The Balaban J connectivity index is 1.89. The SMILES string of the molecule is Cc1ccc(C(=O)OCC(=O)N(C)Cc2ccc(N(C)C)cc2)c(C)c1. The third-order valence-electron chi connectivity index (χ3n) is 4.23. The van der Waals surface area contributed by atoms with E-state index in [1.807, 2.05) is 69.2 Å². The number of aryl methyl sites for hydroxylation is 2. The lowest BCUT2D eigenvalue weighted by molar-refractivity contribution is -0.133. The van der Waals surface area contributed by atoms with Crippen molar-refractivity contribution in [2.24, 2.45) is 0 Å². The van der Waals surface area contributed by atoms with Crippen LogP contribution in [0.25, 0.3) is 0 Å². The molecule has 0 heterocycles. The molecule has 0 aliphatic carbocycles. The Morgan fingerprint density at radius 3 is 2.19 bits per heavy atom. The third-order valence-corrected chi connectivity index (χ3v) is 4.23. The number of esters is 1. The number of carbonyl (C=O) groups excluding carboxylic acids is 2. The first-order valence-corrected chi connectivity index (χ1v) is 8.52. The van der Waals surface area contributed by atoms with Gasteiger partial charge in [0.2, 0.25) is 0 Å². The van der Waals surface area contributed by atoms with Crippen LogP contribution in [0.1, 0.15) is 27.0 Å². The Labute approximate surface area is 155 Å². The van der Waals surface area contributed by atoms with Crippen LogP contribution in [0.3, 0.4) is 0 Å². The molecule has 0 fully saturated rings. The van der Waals surface area contributed by atoms with Gasteiger partial charge >= 0.3 is 5.97 Å². The molecule has 2 rings (SSSR count). The van der Waals surface area contributed by atoms with Crippen LogP contribution in [0, 0.1) is 13.8 Å². The van der Waals surface area contributed by atoms with Crippen LogP contribution in [0.5, 0.6) is 0 Å². The van der Waals surface area contributed by atoms with E-state index in [2.05, 4.69) is 0 Å². The van der Waals surface area contributed by atoms with Gasteiger partial charge in [-0.2, -0.15) is 0 Å². The zero-order chi connectivity index (χ0) is 19.3. The Hall–Kier alpha value is -2.82. The van der Waals surface area contributed by atoms with Crippen LogP contribution in [0.15, 0.2) is 42.5 Å². The molecule has 0 aliphatic heterocycles. The average Bonchev–Trinajstić information content (AvgIpc) is 2.59. The lowest BCUT2D eigenvalue weighted by atomic mass is 10.1. The molecule has 0 unspecified atom stereocenters. The number of carbonyl (C=O) groups is 2. The van der Waals surface area contributed by atoms with Crippen molar-refractivity contribution in [3.05, 3.63) is 64.7 Å². The Kier molecular flexibility index (Phi) is 6.39. The second-order valence-corrected chi connectivity index (χ2v) is 6.71. The van der Waals surface area contributed by atoms with E-state index in [1.165, 1.54) is 0 Å². The van der Waals surface area contributed by atoms with Crippen molar-refractivity contribution in [1.82, 2.24) is 4.90 Å². The predicted octanol–water partition coefficient (Wildman–Crippen LogP) is 3.18. The number of hydrogen-bond donors (Lipinski definition) is 0. The molecule has 0 saturated heterocycles. The molecule has 0 aliphatic rings. The van der Waals surface area contributed by atoms with Gasteiger partial charge in [0.15, 0.2) is 6.61 Å². The molecule has 1 amide bonds. The molecule has 0 aromatic heterocycles. The summed E-state index contributed by atoms with van der Waals surface area (Å²) >= 11 is 0. The van der Waals surface area contributed by atoms with Crippen LogP contribution in [0.2, 0.25) is 0 Å². The minimum absolute atomic E-state index is 0.236. The number of anilines is 1. The van der Waals surface area contributed by atoms with Crippen molar-refractivity contribution >= 4 is 17.6 Å². The number of amides is 1. The Morgan fingerprint density at radius 2 is 1.62 bits per heavy atom. The normalized spacial score (nSPS) is 10.3. The van der Waals surface area contributed by atoms with Crippen molar-refractivity contribution in [2.45, 2.75) is 20.4 Å². The number of benzene rings is 2. The molecule has 26 heavy (non-hydrogen) atoms. The maximum Gasteiger partial charge on any atom is 0.338 e. The van der Waals surface area contributed by atoms with Gasteiger partial charge in [-0.05, 0) is 43.2 Å². The van der Waals surface area contributed by atoms with Gasteiger partial charge < -0.3 is 14.5 Å². The van der Waals surface area contributed by atoms with E-state index in [1.54, 1.807) is 18.0 Å². The molecule has 0 spiro atoms. The first kappa shape index (κ1) is 19.5. The number of likely N-dealkylation sites (N-methyl/N-ethyl adjacent to an activating group) is 1. The first-order valence-electron chi connectivity index (χ1n) is 8.52. The fraction of sp³-hybridized carbons (Fsp3) is 0.333. The molecule has 0 atom stereocenters. The first-order chi connectivity index (χ1) is 12.3. The molecule has 0 radical (unpaired) electrons. The maximum atomic E-state index is 12.2. The Bertz CT molecular complexity index is 782. The fourth-order valence-electron chi connectivity index (χ4n) is 2.62. The van der Waals surface area contributed by atoms with Crippen molar-refractivity contribution in [3.63, 3.8) is 0 Å². The zero-order valence-corrected chi connectivity index (χ0v) is 16.1. The Morgan fingerprint density at radius 1 is 0.962 bits per heavy atom. The summed E-state index contributed by atoms with van der Waals surface area (Å²) in [5, 5.41) is 0. The predicted molar refractivity (Wildman–Crippen MR) is 103 cm³/mol. The lowest BCUT2D eigenvalue weighted by Crippen LogP contribution is -2.31. The molecule has 5 nitrogen and oxygen atoms in total. The third kappa shape index (κ3) is 5.09. The second-order valence-electron chi connectivity index (χ2n) is 6.71. The summed E-state index contributed by atoms with van der Waals surface area (Å²) in [6.07, 6.45) is 0. The highest BCUT2D eigenvalue weighted by Gasteiger charge is 2.15. The van der Waals surface area contributed by atoms with Gasteiger partial charge in [0.05, 0.1) is 5.56 Å². The van der Waals surface area contributed by atoms with Crippen molar-refractivity contribution in [2.75, 3.05) is 32.6 Å². The highest BCUT2D eigenvalue weighted by atomic mass is 16.5. The summed E-state index contributed by atoms with van der Waals surface area (Å²) < 4.78 is 5.18. The summed E-state index contributed by atoms with van der Waals surface area (Å²) in [5.74, 6) is -0.709. The van der Waals surface area contributed by atoms with Crippen molar-refractivity contribution in [1.29, 1.82) is 0 Å². The van der Waals surface area contributed by atoms with E-state index in [-0.39, 0.29) is 12.5 Å². The van der Waals surface area contributed by atoms with Gasteiger partial charge in [-0.25, -0.2) is 4.79 Å². The highest BCUT2D eigenvalue weighted by Crippen LogP contribution is 2.14. The lowest BCUT2D eigenvalue weighted by Gasteiger charge is -2.18. The largest absolute Gasteiger partial charge is 0.452 e. The minimum atomic E-state index is -0.473. The summed E-state index contributed by atoms with van der Waals surface area (Å²) in [6, 6.07) is 13.5. The molecule has 0 bridgehead atoms. The second kappa shape index (κ2) is 8.52. The minimum Gasteiger partial charge on any atom is -0.452 e. The van der Waals surface area contributed by atoms with Crippen LogP contribution in [-0.4, -0.2) is 44.5 Å². The summed E-state index contributed by atoms with van der Waals surface area (Å²) in [5.41, 5.74) is 4.54. The molecular formula is C21H26N2O3. The summed E-state index contributed by atoms with van der Waals surface area (Å²) in [7, 11) is 5.66. The van der Waals surface area contributed by atoms with Crippen LogP contribution in [-0.2, 0) is 16.1 Å². The van der Waals surface area contributed by atoms with Gasteiger partial charge in [-0.1, -0.05) is 29.8 Å². The van der Waals surface area contributed by atoms with Crippen LogP contribution < -0.4 is 4.90 Å². The number of rotatable bonds is 6. The van der Waals surface area contributed by atoms with Crippen LogP contribution >= 0.6 is 0 Å². The average molecular weight is 354 g/mol. The van der Waals surface area contributed by atoms with E-state index in [0.717, 1.165) is 22.4 Å². The van der Waals surface area contributed by atoms with Gasteiger partial charge in [0.25, 0.3) is 5.91 Å². The van der Waals surface area contributed by atoms with Crippen molar-refractivity contribution in [3.8, 4) is 0 Å². The number of ether oxygens (including phenoxy) is 1.